The highest BCUT2D eigenvalue weighted by Gasteiger charge is 2.46. The van der Waals surface area contributed by atoms with E-state index in [4.69, 9.17) is 20.9 Å². The molecule has 0 amide bonds. The maximum Gasteiger partial charge on any atom is 0.351 e. The molecule has 24 heavy (non-hydrogen) atoms. The number of nitrogens with zero attached hydrogens (tertiary/aromatic N) is 2. The maximum atomic E-state index is 12.1. The lowest BCUT2D eigenvalue weighted by molar-refractivity contribution is -0.157. The molecule has 2 rings (SSSR count). The summed E-state index contributed by atoms with van der Waals surface area (Å²) in [5.74, 6) is -0.921. The number of carbonyl (C=O) groups excluding carboxylic acids is 1. The summed E-state index contributed by atoms with van der Waals surface area (Å²) in [6.45, 7) is 5.04. The molecule has 9 nitrogen and oxygen atoms in total. The number of hydrogen-bond acceptors (Lipinski definition) is 8. The summed E-state index contributed by atoms with van der Waals surface area (Å²) in [6.07, 6.45) is -0.736. The van der Waals surface area contributed by atoms with E-state index in [0.717, 1.165) is 0 Å². The Bertz CT molecular complexity index is 647. The first kappa shape index (κ1) is 18.4. The average molecular weight is 340 g/mol. The summed E-state index contributed by atoms with van der Waals surface area (Å²) in [7, 11) is 0. The van der Waals surface area contributed by atoms with Gasteiger partial charge in [-0.15, -0.1) is 0 Å². The summed E-state index contributed by atoms with van der Waals surface area (Å²) in [5.41, 5.74) is 10.7. The highest BCUT2D eigenvalue weighted by molar-refractivity contribution is 5.76. The van der Waals surface area contributed by atoms with Crippen molar-refractivity contribution in [3.8, 4) is 0 Å². The van der Waals surface area contributed by atoms with Crippen LogP contribution >= 0.6 is 0 Å². The fraction of sp³-hybridized carbons (Fsp3) is 0.667. The molecule has 1 fully saturated rings. The van der Waals surface area contributed by atoms with Gasteiger partial charge in [0.1, 0.15) is 30.3 Å². The van der Waals surface area contributed by atoms with Crippen LogP contribution in [0.2, 0.25) is 0 Å². The van der Waals surface area contributed by atoms with Gasteiger partial charge in [-0.1, -0.05) is 20.8 Å². The number of rotatable bonds is 5. The minimum absolute atomic E-state index is 0.0811. The van der Waals surface area contributed by atoms with E-state index >= 15 is 0 Å². The number of aliphatic hydroxyl groups is 1. The molecule has 1 aliphatic heterocycles. The summed E-state index contributed by atoms with van der Waals surface area (Å²) in [4.78, 5) is 27.8. The molecule has 1 aliphatic rings. The van der Waals surface area contributed by atoms with E-state index in [1.165, 1.54) is 16.8 Å². The Labute approximate surface area is 139 Å². The first-order valence-corrected chi connectivity index (χ1v) is 7.83. The standard InChI is InChI=1S/C15H24N4O5/c1-7(2)11(17)14(21)24-12-8(3)13(23-9(12)6-20)19-5-4-10(16)18-15(19)22/h4-5,7-9,11-13,20H,6,17H2,1-3H3,(H2,16,18,22)/t8?,9-,11?,12?,13-/m1/s1. The van der Waals surface area contributed by atoms with E-state index in [1.54, 1.807) is 6.92 Å². The molecule has 2 heterocycles. The van der Waals surface area contributed by atoms with Gasteiger partial charge in [0, 0.05) is 12.1 Å². The molecule has 0 radical (unpaired) electrons. The lowest BCUT2D eigenvalue weighted by Crippen LogP contribution is -2.42. The smallest absolute Gasteiger partial charge is 0.351 e. The highest BCUT2D eigenvalue weighted by Crippen LogP contribution is 2.35. The number of nitrogen functional groups attached to an aromatic ring is 1. The molecule has 5 atom stereocenters. The molecular formula is C15H24N4O5. The Morgan fingerprint density at radius 2 is 2.21 bits per heavy atom. The first-order chi connectivity index (χ1) is 11.3. The molecule has 1 aromatic heterocycles. The van der Waals surface area contributed by atoms with Crippen molar-refractivity contribution in [3.63, 3.8) is 0 Å². The third-order valence-corrected chi connectivity index (χ3v) is 4.20. The second-order valence-corrected chi connectivity index (χ2v) is 6.32. The zero-order valence-electron chi connectivity index (χ0n) is 14.0. The van der Waals surface area contributed by atoms with Crippen molar-refractivity contribution in [2.45, 2.75) is 45.2 Å². The van der Waals surface area contributed by atoms with E-state index in [1.807, 2.05) is 13.8 Å². The molecule has 0 aromatic carbocycles. The second-order valence-electron chi connectivity index (χ2n) is 6.32. The van der Waals surface area contributed by atoms with Gasteiger partial charge in [0.05, 0.1) is 6.61 Å². The van der Waals surface area contributed by atoms with Crippen molar-refractivity contribution < 1.29 is 19.4 Å². The van der Waals surface area contributed by atoms with Crippen LogP contribution in [0.1, 0.15) is 27.0 Å². The van der Waals surface area contributed by atoms with Crippen LogP contribution in [-0.2, 0) is 14.3 Å². The minimum atomic E-state index is -0.767. The number of aliphatic hydroxyl groups excluding tert-OH is 1. The molecule has 134 valence electrons. The van der Waals surface area contributed by atoms with Crippen molar-refractivity contribution in [2.24, 2.45) is 17.6 Å². The fourth-order valence-electron chi connectivity index (χ4n) is 2.63. The normalized spacial score (nSPS) is 28.1. The molecular weight excluding hydrogens is 316 g/mol. The zero-order chi connectivity index (χ0) is 18.0. The van der Waals surface area contributed by atoms with E-state index < -0.39 is 36.1 Å². The number of ether oxygens (including phenoxy) is 2. The average Bonchev–Trinajstić information content (AvgIpc) is 2.83. The van der Waals surface area contributed by atoms with Gasteiger partial charge < -0.3 is 26.0 Å². The van der Waals surface area contributed by atoms with Gasteiger partial charge in [0.15, 0.2) is 0 Å². The van der Waals surface area contributed by atoms with Gasteiger partial charge in [-0.05, 0) is 12.0 Å². The van der Waals surface area contributed by atoms with Crippen molar-refractivity contribution in [1.29, 1.82) is 0 Å². The Hall–Kier alpha value is -1.97. The molecule has 1 aromatic rings. The number of carbonyl (C=O) groups is 1. The summed E-state index contributed by atoms with van der Waals surface area (Å²) in [5, 5.41) is 9.52. The molecule has 3 unspecified atom stereocenters. The van der Waals surface area contributed by atoms with Crippen LogP contribution in [-0.4, -0.2) is 45.5 Å². The fourth-order valence-corrected chi connectivity index (χ4v) is 2.63. The number of esters is 1. The first-order valence-electron chi connectivity index (χ1n) is 7.83. The maximum absolute atomic E-state index is 12.1. The molecule has 1 saturated heterocycles. The molecule has 0 aliphatic carbocycles. The minimum Gasteiger partial charge on any atom is -0.458 e. The molecule has 0 saturated carbocycles. The van der Waals surface area contributed by atoms with Gasteiger partial charge >= 0.3 is 11.7 Å². The van der Waals surface area contributed by atoms with Gasteiger partial charge in [-0.25, -0.2) is 4.79 Å². The van der Waals surface area contributed by atoms with Crippen LogP contribution in [0.25, 0.3) is 0 Å². The molecule has 9 heteroatoms. The summed E-state index contributed by atoms with van der Waals surface area (Å²) < 4.78 is 12.4. The largest absolute Gasteiger partial charge is 0.458 e. The second kappa shape index (κ2) is 7.29. The van der Waals surface area contributed by atoms with Gasteiger partial charge in [0.25, 0.3) is 0 Å². The van der Waals surface area contributed by atoms with E-state index in [2.05, 4.69) is 4.98 Å². The predicted molar refractivity (Wildman–Crippen MR) is 85.8 cm³/mol. The third kappa shape index (κ3) is 3.58. The Balaban J connectivity index is 2.21. The van der Waals surface area contributed by atoms with Crippen molar-refractivity contribution in [3.05, 3.63) is 22.7 Å². The van der Waals surface area contributed by atoms with Crippen LogP contribution in [0, 0.1) is 11.8 Å². The third-order valence-electron chi connectivity index (χ3n) is 4.20. The Kier molecular flexibility index (Phi) is 5.58. The number of nitrogens with two attached hydrogens (primary N) is 2. The molecule has 0 spiro atoms. The van der Waals surface area contributed by atoms with E-state index in [0.29, 0.717) is 0 Å². The Morgan fingerprint density at radius 3 is 2.75 bits per heavy atom. The van der Waals surface area contributed by atoms with Crippen molar-refractivity contribution >= 4 is 11.8 Å². The van der Waals surface area contributed by atoms with Crippen LogP contribution < -0.4 is 17.2 Å². The highest BCUT2D eigenvalue weighted by atomic mass is 16.6. The molecule has 0 bridgehead atoms. The topological polar surface area (TPSA) is 143 Å². The SMILES string of the molecule is CC(C)C(N)C(=O)OC1C(C)[C@H](n2ccc(N)nc2=O)O[C@@H]1CO. The summed E-state index contributed by atoms with van der Waals surface area (Å²) >= 11 is 0. The monoisotopic (exact) mass is 340 g/mol. The van der Waals surface area contributed by atoms with Gasteiger partial charge in [0.2, 0.25) is 0 Å². The predicted octanol–water partition coefficient (Wildman–Crippen LogP) is -0.754. The van der Waals surface area contributed by atoms with E-state index in [-0.39, 0.29) is 24.3 Å². The Morgan fingerprint density at radius 1 is 1.54 bits per heavy atom. The van der Waals surface area contributed by atoms with Crippen LogP contribution in [0.15, 0.2) is 17.1 Å². The summed E-state index contributed by atoms with van der Waals surface area (Å²) in [6, 6.07) is 0.705. The zero-order valence-corrected chi connectivity index (χ0v) is 14.0. The lowest BCUT2D eigenvalue weighted by atomic mass is 10.0. The van der Waals surface area contributed by atoms with Gasteiger partial charge in [-0.3, -0.25) is 9.36 Å². The van der Waals surface area contributed by atoms with Crippen LogP contribution in [0.3, 0.4) is 0 Å². The number of hydrogen-bond donors (Lipinski definition) is 3. The number of anilines is 1. The van der Waals surface area contributed by atoms with Crippen molar-refractivity contribution in [1.82, 2.24) is 9.55 Å². The van der Waals surface area contributed by atoms with E-state index in [9.17, 15) is 14.7 Å². The van der Waals surface area contributed by atoms with Crippen LogP contribution in [0.4, 0.5) is 5.82 Å². The van der Waals surface area contributed by atoms with Crippen LogP contribution in [0.5, 0.6) is 0 Å². The quantitative estimate of drug-likeness (QED) is 0.594. The van der Waals surface area contributed by atoms with Crippen molar-refractivity contribution in [2.75, 3.05) is 12.3 Å². The molecule has 5 N–H and O–H groups in total. The lowest BCUT2D eigenvalue weighted by Gasteiger charge is -2.23. The number of aromatic nitrogens is 2. The van der Waals surface area contributed by atoms with Gasteiger partial charge in [-0.2, -0.15) is 4.98 Å².